The van der Waals surface area contributed by atoms with Crippen LogP contribution in [-0.4, -0.2) is 20.2 Å². The number of nitrogens with zero attached hydrogens (tertiary/aromatic N) is 1. The normalized spacial score (nSPS) is 16.2. The summed E-state index contributed by atoms with van der Waals surface area (Å²) in [5.41, 5.74) is 5.20. The number of amides is 1. The largest absolute Gasteiger partial charge is 0.285 e. The second kappa shape index (κ2) is 3.60. The predicted molar refractivity (Wildman–Crippen MR) is 57.1 cm³/mol. The monoisotopic (exact) mass is 239 g/mol. The molecule has 7 heteroatoms. The molecule has 1 amide bonds. The van der Waals surface area contributed by atoms with E-state index in [4.69, 9.17) is 0 Å². The molecule has 0 saturated carbocycles. The highest BCUT2D eigenvalue weighted by Gasteiger charge is 2.28. The molecule has 84 valence electrons. The van der Waals surface area contributed by atoms with Gasteiger partial charge < -0.3 is 0 Å². The molecule has 1 aliphatic rings. The van der Waals surface area contributed by atoms with Crippen LogP contribution in [0.2, 0.25) is 0 Å². The average molecular weight is 239 g/mol. The average Bonchev–Trinajstić information content (AvgIpc) is 2.49. The number of hydrazine groups is 1. The first-order valence-corrected chi connectivity index (χ1v) is 5.92. The van der Waals surface area contributed by atoms with Crippen LogP contribution in [0.15, 0.2) is 33.6 Å². The molecule has 2 N–H and O–H groups in total. The molecule has 1 aromatic carbocycles. The van der Waals surface area contributed by atoms with Crippen LogP contribution in [0.25, 0.3) is 0 Å². The van der Waals surface area contributed by atoms with Gasteiger partial charge in [-0.1, -0.05) is 12.1 Å². The highest BCUT2D eigenvalue weighted by molar-refractivity contribution is 7.90. The van der Waals surface area contributed by atoms with Crippen molar-refractivity contribution in [2.45, 2.75) is 11.8 Å². The lowest BCUT2D eigenvalue weighted by atomic mass is 10.2. The fourth-order valence-corrected chi connectivity index (χ4v) is 2.52. The van der Waals surface area contributed by atoms with Gasteiger partial charge in [-0.15, -0.1) is 4.40 Å². The van der Waals surface area contributed by atoms with E-state index in [-0.39, 0.29) is 16.6 Å². The zero-order chi connectivity index (χ0) is 11.8. The van der Waals surface area contributed by atoms with E-state index in [0.29, 0.717) is 5.56 Å². The van der Waals surface area contributed by atoms with E-state index in [2.05, 4.69) is 15.2 Å². The Morgan fingerprint density at radius 1 is 1.31 bits per heavy atom. The second-order valence-electron chi connectivity index (χ2n) is 3.22. The van der Waals surface area contributed by atoms with E-state index < -0.39 is 10.0 Å². The van der Waals surface area contributed by atoms with Gasteiger partial charge in [-0.05, 0) is 12.1 Å². The van der Waals surface area contributed by atoms with Crippen LogP contribution >= 0.6 is 0 Å². The summed E-state index contributed by atoms with van der Waals surface area (Å²) in [4.78, 5) is 10.8. The summed E-state index contributed by atoms with van der Waals surface area (Å²) in [6.45, 7) is 1.31. The highest BCUT2D eigenvalue weighted by Crippen LogP contribution is 2.24. The van der Waals surface area contributed by atoms with Crippen molar-refractivity contribution in [3.05, 3.63) is 29.8 Å². The SMILES string of the molecule is CC(=O)NNC1=NS(=O)(=O)c2ccccc21. The molecule has 0 bridgehead atoms. The van der Waals surface area contributed by atoms with Crippen molar-refractivity contribution < 1.29 is 13.2 Å². The Hall–Kier alpha value is -1.89. The van der Waals surface area contributed by atoms with Gasteiger partial charge in [0.1, 0.15) is 4.90 Å². The number of carbonyl (C=O) groups excluding carboxylic acids is 1. The number of fused-ring (bicyclic) bond motifs is 1. The van der Waals surface area contributed by atoms with Crippen LogP contribution in [-0.2, 0) is 14.8 Å². The fraction of sp³-hybridized carbons (Fsp3) is 0.111. The van der Waals surface area contributed by atoms with Crippen LogP contribution in [0.5, 0.6) is 0 Å². The Morgan fingerprint density at radius 2 is 2.00 bits per heavy atom. The molecule has 1 aliphatic heterocycles. The van der Waals surface area contributed by atoms with Crippen molar-refractivity contribution in [3.63, 3.8) is 0 Å². The van der Waals surface area contributed by atoms with Gasteiger partial charge in [0, 0.05) is 12.5 Å². The minimum Gasteiger partial charge on any atom is -0.281 e. The molecule has 0 aliphatic carbocycles. The third kappa shape index (κ3) is 1.76. The van der Waals surface area contributed by atoms with E-state index in [1.807, 2.05) is 0 Å². The van der Waals surface area contributed by atoms with E-state index in [9.17, 15) is 13.2 Å². The minimum atomic E-state index is -3.63. The molecule has 1 heterocycles. The number of nitrogens with one attached hydrogen (secondary N) is 2. The van der Waals surface area contributed by atoms with E-state index in [1.165, 1.54) is 13.0 Å². The first-order chi connectivity index (χ1) is 7.50. The van der Waals surface area contributed by atoms with E-state index >= 15 is 0 Å². The maximum atomic E-state index is 11.6. The molecule has 6 nitrogen and oxygen atoms in total. The molecule has 0 radical (unpaired) electrons. The Bertz CT molecular complexity index is 577. The number of amidine groups is 1. The fourth-order valence-electron chi connectivity index (χ4n) is 1.34. The van der Waals surface area contributed by atoms with Crippen LogP contribution in [0, 0.1) is 0 Å². The molecule has 2 rings (SSSR count). The zero-order valence-corrected chi connectivity index (χ0v) is 9.21. The summed E-state index contributed by atoms with van der Waals surface area (Å²) in [5, 5.41) is 0. The lowest BCUT2D eigenvalue weighted by Gasteiger charge is -2.05. The van der Waals surface area contributed by atoms with Crippen LogP contribution in [0.4, 0.5) is 0 Å². The van der Waals surface area contributed by atoms with Crippen molar-refractivity contribution in [1.82, 2.24) is 10.9 Å². The molecule has 0 unspecified atom stereocenters. The Morgan fingerprint density at radius 3 is 2.69 bits per heavy atom. The lowest BCUT2D eigenvalue weighted by molar-refractivity contribution is -0.119. The van der Waals surface area contributed by atoms with Gasteiger partial charge >= 0.3 is 0 Å². The van der Waals surface area contributed by atoms with Gasteiger partial charge in [-0.2, -0.15) is 8.42 Å². The summed E-state index contributed by atoms with van der Waals surface area (Å²) in [7, 11) is -3.63. The minimum absolute atomic E-state index is 0.130. The number of benzene rings is 1. The summed E-state index contributed by atoms with van der Waals surface area (Å²) < 4.78 is 26.7. The Kier molecular flexibility index (Phi) is 2.39. The van der Waals surface area contributed by atoms with Crippen molar-refractivity contribution in [2.75, 3.05) is 0 Å². The Balaban J connectivity index is 2.39. The molecular formula is C9H9N3O3S. The van der Waals surface area contributed by atoms with Crippen molar-refractivity contribution in [1.29, 1.82) is 0 Å². The number of hydrogen-bond acceptors (Lipinski definition) is 4. The summed E-state index contributed by atoms with van der Waals surface area (Å²) in [6.07, 6.45) is 0. The maximum absolute atomic E-state index is 11.6. The molecule has 0 saturated heterocycles. The molecule has 1 aromatic rings. The van der Waals surface area contributed by atoms with Crippen molar-refractivity contribution in [2.24, 2.45) is 4.40 Å². The molecule has 0 fully saturated rings. The quantitative estimate of drug-likeness (QED) is 0.612. The second-order valence-corrected chi connectivity index (χ2v) is 4.79. The summed E-state index contributed by atoms with van der Waals surface area (Å²) in [5.74, 6) is -0.199. The standard InChI is InChI=1S/C9H9N3O3S/c1-6(13)10-11-9-7-4-2-3-5-8(7)16(14,15)12-9/h2-5H,1H3,(H,10,13)(H,11,12). The summed E-state index contributed by atoms with van der Waals surface area (Å²) >= 11 is 0. The van der Waals surface area contributed by atoms with Gasteiger partial charge in [0.15, 0.2) is 5.84 Å². The van der Waals surface area contributed by atoms with Crippen molar-refractivity contribution in [3.8, 4) is 0 Å². The number of rotatable bonds is 0. The third-order valence-electron chi connectivity index (χ3n) is 1.99. The van der Waals surface area contributed by atoms with Crippen LogP contribution in [0.3, 0.4) is 0 Å². The lowest BCUT2D eigenvalue weighted by Crippen LogP contribution is -2.40. The Labute approximate surface area is 92.4 Å². The van der Waals surface area contributed by atoms with E-state index in [1.54, 1.807) is 18.2 Å². The van der Waals surface area contributed by atoms with Gasteiger partial charge in [0.05, 0.1) is 0 Å². The molecule has 16 heavy (non-hydrogen) atoms. The molecule has 0 aromatic heterocycles. The predicted octanol–water partition coefficient (Wildman–Crippen LogP) is -0.224. The third-order valence-corrected chi connectivity index (χ3v) is 3.32. The smallest absolute Gasteiger partial charge is 0.281 e. The van der Waals surface area contributed by atoms with Gasteiger partial charge in [-0.3, -0.25) is 15.6 Å². The van der Waals surface area contributed by atoms with Gasteiger partial charge in [0.25, 0.3) is 10.0 Å². The highest BCUT2D eigenvalue weighted by atomic mass is 32.2. The molecule has 0 spiro atoms. The van der Waals surface area contributed by atoms with Gasteiger partial charge in [0.2, 0.25) is 5.91 Å². The van der Waals surface area contributed by atoms with E-state index in [0.717, 1.165) is 0 Å². The van der Waals surface area contributed by atoms with Crippen LogP contribution < -0.4 is 10.9 Å². The van der Waals surface area contributed by atoms with Gasteiger partial charge in [-0.25, -0.2) is 0 Å². The number of hydrogen-bond donors (Lipinski definition) is 2. The first kappa shape index (κ1) is 10.6. The first-order valence-electron chi connectivity index (χ1n) is 4.48. The molecular weight excluding hydrogens is 230 g/mol. The topological polar surface area (TPSA) is 87.6 Å². The number of carbonyl (C=O) groups is 1. The maximum Gasteiger partial charge on any atom is 0.285 e. The summed E-state index contributed by atoms with van der Waals surface area (Å²) in [6, 6.07) is 6.40. The number of sulfonamides is 1. The van der Waals surface area contributed by atoms with Crippen LogP contribution in [0.1, 0.15) is 12.5 Å². The zero-order valence-electron chi connectivity index (χ0n) is 8.39. The van der Waals surface area contributed by atoms with Crippen molar-refractivity contribution >= 4 is 21.8 Å². The molecule has 0 atom stereocenters.